The lowest BCUT2D eigenvalue weighted by molar-refractivity contribution is -0.113. The van der Waals surface area contributed by atoms with Crippen LogP contribution in [0.15, 0.2) is 64.4 Å². The number of carbonyl (C=O) groups excluding carboxylic acids is 2. The van der Waals surface area contributed by atoms with E-state index in [1.807, 2.05) is 47.9 Å². The Kier molecular flexibility index (Phi) is 5.81. The molecule has 0 aliphatic carbocycles. The first-order chi connectivity index (χ1) is 16.5. The molecule has 0 bridgehead atoms. The first-order valence-electron chi connectivity index (χ1n) is 10.4. The minimum absolute atomic E-state index is 0.0567. The zero-order valence-electron chi connectivity index (χ0n) is 18.4. The highest BCUT2D eigenvalue weighted by molar-refractivity contribution is 7.99. The molecule has 5 rings (SSSR count). The fourth-order valence-corrected chi connectivity index (χ4v) is 4.37. The van der Waals surface area contributed by atoms with Crippen LogP contribution in [-0.4, -0.2) is 39.0 Å². The Morgan fingerprint density at radius 1 is 1.09 bits per heavy atom. The van der Waals surface area contributed by atoms with Crippen molar-refractivity contribution in [1.82, 2.24) is 14.8 Å². The van der Waals surface area contributed by atoms with Crippen LogP contribution in [0.2, 0.25) is 0 Å². The number of ether oxygens (including phenoxy) is 2. The summed E-state index contributed by atoms with van der Waals surface area (Å²) in [5.41, 5.74) is 2.41. The third kappa shape index (κ3) is 4.15. The number of nitrogens with zero attached hydrogens (tertiary/aromatic N) is 3. The van der Waals surface area contributed by atoms with Gasteiger partial charge in [-0.15, -0.1) is 10.2 Å². The van der Waals surface area contributed by atoms with E-state index in [2.05, 4.69) is 15.5 Å². The van der Waals surface area contributed by atoms with Gasteiger partial charge in [-0.3, -0.25) is 14.2 Å². The van der Waals surface area contributed by atoms with Gasteiger partial charge in [0.15, 0.2) is 28.3 Å². The van der Waals surface area contributed by atoms with E-state index >= 15 is 0 Å². The molecule has 0 atom stereocenters. The molecule has 1 amide bonds. The van der Waals surface area contributed by atoms with E-state index in [4.69, 9.17) is 13.9 Å². The van der Waals surface area contributed by atoms with Gasteiger partial charge in [0, 0.05) is 17.3 Å². The number of aromatic nitrogens is 3. The van der Waals surface area contributed by atoms with Crippen molar-refractivity contribution in [3.63, 3.8) is 0 Å². The Labute approximate surface area is 199 Å². The molecule has 1 N–H and O–H groups in total. The number of furan rings is 1. The van der Waals surface area contributed by atoms with E-state index in [-0.39, 0.29) is 24.2 Å². The van der Waals surface area contributed by atoms with Crippen molar-refractivity contribution in [2.45, 2.75) is 19.0 Å². The molecule has 0 unspecified atom stereocenters. The van der Waals surface area contributed by atoms with Crippen LogP contribution in [0.5, 0.6) is 11.5 Å². The number of ketones is 1. The smallest absolute Gasteiger partial charge is 0.234 e. The molecule has 1 aliphatic rings. The van der Waals surface area contributed by atoms with Gasteiger partial charge in [0.2, 0.25) is 12.7 Å². The monoisotopic (exact) mass is 476 g/mol. The Morgan fingerprint density at radius 2 is 1.85 bits per heavy atom. The topological polar surface area (TPSA) is 108 Å². The van der Waals surface area contributed by atoms with Crippen molar-refractivity contribution in [3.8, 4) is 28.6 Å². The van der Waals surface area contributed by atoms with Gasteiger partial charge < -0.3 is 19.2 Å². The quantitative estimate of drug-likeness (QED) is 0.307. The van der Waals surface area contributed by atoms with E-state index in [0.717, 1.165) is 17.0 Å². The van der Waals surface area contributed by atoms with Crippen molar-refractivity contribution in [2.24, 2.45) is 0 Å². The van der Waals surface area contributed by atoms with Crippen LogP contribution in [0.1, 0.15) is 23.0 Å². The average Bonchev–Trinajstić information content (AvgIpc) is 3.56. The number of fused-ring (bicyclic) bond motifs is 1. The molecule has 3 heterocycles. The Balaban J connectivity index is 1.39. The molecule has 2 aromatic carbocycles. The van der Waals surface area contributed by atoms with Crippen molar-refractivity contribution in [1.29, 1.82) is 0 Å². The van der Waals surface area contributed by atoms with Crippen molar-refractivity contribution < 1.29 is 23.5 Å². The van der Waals surface area contributed by atoms with Gasteiger partial charge in [-0.2, -0.15) is 0 Å². The summed E-state index contributed by atoms with van der Waals surface area (Å²) < 4.78 is 18.0. The number of rotatable bonds is 7. The summed E-state index contributed by atoms with van der Waals surface area (Å²) in [6, 6.07) is 14.7. The molecule has 0 saturated carbocycles. The number of hydrogen-bond donors (Lipinski definition) is 1. The number of carbonyl (C=O) groups is 2. The van der Waals surface area contributed by atoms with Gasteiger partial charge in [0.1, 0.15) is 5.76 Å². The minimum Gasteiger partial charge on any atom is -0.469 e. The third-order valence-corrected chi connectivity index (χ3v) is 6.17. The number of para-hydroxylation sites is 1. The maximum Gasteiger partial charge on any atom is 0.234 e. The number of benzene rings is 2. The lowest BCUT2D eigenvalue weighted by Gasteiger charge is -2.11. The largest absolute Gasteiger partial charge is 0.469 e. The SMILES string of the molecule is CC(=O)c1cc2c(cc1NC(=O)CSc1nnc(-c3ccoc3C)n1-c1ccccc1)OCO2. The fourth-order valence-electron chi connectivity index (χ4n) is 3.62. The number of aryl methyl sites for hydroxylation is 1. The van der Waals surface area contributed by atoms with E-state index in [1.54, 1.807) is 18.4 Å². The highest BCUT2D eigenvalue weighted by atomic mass is 32.2. The van der Waals surface area contributed by atoms with Crippen molar-refractivity contribution in [2.75, 3.05) is 17.9 Å². The molecule has 0 fully saturated rings. The second-order valence-electron chi connectivity index (χ2n) is 7.51. The number of hydrogen-bond acceptors (Lipinski definition) is 8. The van der Waals surface area contributed by atoms with Crippen LogP contribution in [-0.2, 0) is 4.79 Å². The van der Waals surface area contributed by atoms with Gasteiger partial charge in [-0.05, 0) is 38.1 Å². The first-order valence-corrected chi connectivity index (χ1v) is 11.4. The Bertz CT molecular complexity index is 1380. The molecule has 172 valence electrons. The molecule has 0 saturated heterocycles. The number of anilines is 1. The lowest BCUT2D eigenvalue weighted by Crippen LogP contribution is -2.16. The normalized spacial score (nSPS) is 12.1. The zero-order valence-corrected chi connectivity index (χ0v) is 19.2. The molecule has 1 aliphatic heterocycles. The van der Waals surface area contributed by atoms with Crippen molar-refractivity contribution in [3.05, 3.63) is 66.1 Å². The minimum atomic E-state index is -0.296. The maximum atomic E-state index is 12.8. The molecule has 10 heteroatoms. The van der Waals surface area contributed by atoms with E-state index in [9.17, 15) is 9.59 Å². The number of Topliss-reactive ketones (excluding diaryl/α,β-unsaturated/α-hetero) is 1. The molecule has 9 nitrogen and oxygen atoms in total. The first kappa shape index (κ1) is 21.8. The molecular formula is C24H20N4O5S. The Morgan fingerprint density at radius 3 is 2.56 bits per heavy atom. The standard InChI is InChI=1S/C24H20N4O5S/c1-14(29)18-10-20-21(33-13-32-20)11-19(18)25-22(30)12-34-24-27-26-23(17-8-9-31-15(17)2)28(24)16-6-4-3-5-7-16/h3-11H,12-13H2,1-2H3,(H,25,30). The number of amides is 1. The Hall–Kier alpha value is -4.05. The molecule has 0 spiro atoms. The van der Waals surface area contributed by atoms with Gasteiger partial charge in [-0.1, -0.05) is 30.0 Å². The highest BCUT2D eigenvalue weighted by Crippen LogP contribution is 2.37. The second kappa shape index (κ2) is 9.06. The van der Waals surface area contributed by atoms with Crippen LogP contribution in [0.3, 0.4) is 0 Å². The van der Waals surface area contributed by atoms with Crippen molar-refractivity contribution >= 4 is 29.1 Å². The van der Waals surface area contributed by atoms with Crippen LogP contribution >= 0.6 is 11.8 Å². The third-order valence-electron chi connectivity index (χ3n) is 5.25. The lowest BCUT2D eigenvalue weighted by atomic mass is 10.1. The summed E-state index contributed by atoms with van der Waals surface area (Å²) >= 11 is 1.24. The summed E-state index contributed by atoms with van der Waals surface area (Å²) in [7, 11) is 0. The molecule has 4 aromatic rings. The predicted octanol–water partition coefficient (Wildman–Crippen LogP) is 4.50. The van der Waals surface area contributed by atoms with E-state index in [0.29, 0.717) is 33.7 Å². The zero-order chi connectivity index (χ0) is 23.7. The second-order valence-corrected chi connectivity index (χ2v) is 8.45. The van der Waals surface area contributed by atoms with Gasteiger partial charge in [0.25, 0.3) is 0 Å². The average molecular weight is 477 g/mol. The van der Waals surface area contributed by atoms with Crippen LogP contribution in [0.25, 0.3) is 17.1 Å². The van der Waals surface area contributed by atoms with E-state index < -0.39 is 0 Å². The van der Waals surface area contributed by atoms with Gasteiger partial charge >= 0.3 is 0 Å². The number of thioether (sulfide) groups is 1. The molecule has 2 aromatic heterocycles. The van der Waals surface area contributed by atoms with E-state index in [1.165, 1.54) is 18.7 Å². The summed E-state index contributed by atoms with van der Waals surface area (Å²) in [5.74, 6) is 1.88. The van der Waals surface area contributed by atoms with Gasteiger partial charge in [-0.25, -0.2) is 0 Å². The summed E-state index contributed by atoms with van der Waals surface area (Å²) in [6.45, 7) is 3.37. The molecule has 0 radical (unpaired) electrons. The highest BCUT2D eigenvalue weighted by Gasteiger charge is 2.22. The fraction of sp³-hybridized carbons (Fsp3) is 0.167. The molecular weight excluding hydrogens is 456 g/mol. The summed E-state index contributed by atoms with van der Waals surface area (Å²) in [5, 5.41) is 12.0. The van der Waals surface area contributed by atoms with Crippen LogP contribution in [0, 0.1) is 6.92 Å². The van der Waals surface area contributed by atoms with Gasteiger partial charge in [0.05, 0.1) is 23.3 Å². The maximum absolute atomic E-state index is 12.8. The van der Waals surface area contributed by atoms with Crippen LogP contribution in [0.4, 0.5) is 5.69 Å². The van der Waals surface area contributed by atoms with Crippen LogP contribution < -0.4 is 14.8 Å². The predicted molar refractivity (Wildman–Crippen MR) is 126 cm³/mol. The molecule has 34 heavy (non-hydrogen) atoms. The number of nitrogens with one attached hydrogen (secondary N) is 1. The summed E-state index contributed by atoms with van der Waals surface area (Å²) in [6.07, 6.45) is 1.60. The summed E-state index contributed by atoms with van der Waals surface area (Å²) in [4.78, 5) is 24.9.